The molecule has 0 aromatic heterocycles. The fourth-order valence-electron chi connectivity index (χ4n) is 6.72. The molecule has 0 N–H and O–H groups in total. The van der Waals surface area contributed by atoms with E-state index in [0.29, 0.717) is 6.42 Å². The molecule has 3 amide bonds. The third kappa shape index (κ3) is 5.24. The second kappa shape index (κ2) is 11.6. The molecule has 2 saturated carbocycles. The van der Waals surface area contributed by atoms with Gasteiger partial charge in [-0.15, -0.1) is 0 Å². The van der Waals surface area contributed by atoms with Gasteiger partial charge in [-0.1, -0.05) is 56.5 Å². The quantitative estimate of drug-likeness (QED) is 0.415. The zero-order valence-electron chi connectivity index (χ0n) is 22.1. The average Bonchev–Trinajstić information content (AvgIpc) is 3.04. The average molecular weight is 500 g/mol. The summed E-state index contributed by atoms with van der Waals surface area (Å²) in [6.07, 6.45) is 6.66. The molecule has 3 aliphatic rings. The highest BCUT2D eigenvalue weighted by molar-refractivity contribution is 5.84. The summed E-state index contributed by atoms with van der Waals surface area (Å²) < 4.78 is 5.24. The summed E-state index contributed by atoms with van der Waals surface area (Å²) in [5.74, 6) is -0.702. The minimum Gasteiger partial charge on any atom is -0.465 e. The van der Waals surface area contributed by atoms with Gasteiger partial charge in [0, 0.05) is 19.0 Å². The topological polar surface area (TPSA) is 79.4 Å². The van der Waals surface area contributed by atoms with E-state index in [1.165, 1.54) is 24.2 Å². The van der Waals surface area contributed by atoms with Crippen LogP contribution in [-0.4, -0.2) is 78.2 Å². The number of carbonyl (C=O) groups excluding carboxylic acids is 3. The summed E-state index contributed by atoms with van der Waals surface area (Å²) in [6.45, 7) is 4.11. The molecule has 1 aliphatic heterocycles. The van der Waals surface area contributed by atoms with Crippen molar-refractivity contribution >= 4 is 17.9 Å². The molecule has 0 unspecified atom stereocenters. The van der Waals surface area contributed by atoms with Crippen molar-refractivity contribution in [2.45, 2.75) is 82.8 Å². The molecule has 5 atom stereocenters. The van der Waals surface area contributed by atoms with Crippen LogP contribution in [0.4, 0.5) is 4.79 Å². The molecule has 1 heterocycles. The molecule has 36 heavy (non-hydrogen) atoms. The number of benzene rings is 1. The lowest BCUT2D eigenvalue weighted by atomic mass is 9.77. The van der Waals surface area contributed by atoms with Crippen molar-refractivity contribution in [3.05, 3.63) is 35.9 Å². The maximum atomic E-state index is 13.9. The van der Waals surface area contributed by atoms with Crippen LogP contribution in [-0.2, 0) is 19.2 Å². The highest BCUT2D eigenvalue weighted by Gasteiger charge is 2.54. The lowest BCUT2D eigenvalue weighted by molar-refractivity contribution is -0.175. The Balaban J connectivity index is 1.76. The Morgan fingerprint density at radius 3 is 2.39 bits per heavy atom. The van der Waals surface area contributed by atoms with Gasteiger partial charge in [0.05, 0.1) is 25.8 Å². The number of esters is 1. The molecular weight excluding hydrogens is 458 g/mol. The van der Waals surface area contributed by atoms with Gasteiger partial charge in [0.2, 0.25) is 5.91 Å². The molecule has 3 fully saturated rings. The molecule has 1 aromatic carbocycles. The molecule has 0 bridgehead atoms. The SMILES string of the molecule is CCOC(=O)CN1C(=O)N(C2CCCCC2)[C@H]2C[C@@H](c3ccccc3)[C@@H](C)[C@@H](C(=O)N(C)OC)C[C@H]21. The predicted molar refractivity (Wildman–Crippen MR) is 136 cm³/mol. The van der Waals surface area contributed by atoms with E-state index < -0.39 is 5.97 Å². The summed E-state index contributed by atoms with van der Waals surface area (Å²) in [5.41, 5.74) is 1.18. The number of hydrogen-bond acceptors (Lipinski definition) is 5. The van der Waals surface area contributed by atoms with E-state index in [2.05, 4.69) is 24.0 Å². The normalized spacial score (nSPS) is 29.0. The minimum atomic E-state index is -0.399. The van der Waals surface area contributed by atoms with Crippen molar-refractivity contribution in [1.82, 2.24) is 14.9 Å². The molecule has 2 aliphatic carbocycles. The summed E-state index contributed by atoms with van der Waals surface area (Å²) in [6, 6.07) is 10.1. The number of hydrogen-bond donors (Lipinski definition) is 0. The van der Waals surface area contributed by atoms with Crippen molar-refractivity contribution in [2.75, 3.05) is 27.3 Å². The maximum Gasteiger partial charge on any atom is 0.325 e. The summed E-state index contributed by atoms with van der Waals surface area (Å²) in [7, 11) is 3.13. The zero-order valence-corrected chi connectivity index (χ0v) is 22.1. The first-order chi connectivity index (χ1) is 17.4. The molecular formula is C28H41N3O5. The van der Waals surface area contributed by atoms with E-state index in [0.717, 1.165) is 32.1 Å². The van der Waals surface area contributed by atoms with Crippen LogP contribution < -0.4 is 0 Å². The molecule has 1 aromatic rings. The smallest absolute Gasteiger partial charge is 0.325 e. The standard InChI is InChI=1S/C28H41N3O5/c1-5-36-26(32)18-30-24-17-23(27(33)29(3)35-4)19(2)22(20-12-8-6-9-13-20)16-25(24)31(28(30)34)21-14-10-7-11-15-21/h6,8-9,12-13,19,21-25H,5,7,10-11,14-18H2,1-4H3/t19-,22-,23+,24-,25+/m1/s1. The first-order valence-corrected chi connectivity index (χ1v) is 13.5. The van der Waals surface area contributed by atoms with E-state index in [4.69, 9.17) is 9.57 Å². The van der Waals surface area contributed by atoms with Gasteiger partial charge in [-0.05, 0) is 50.0 Å². The second-order valence-electron chi connectivity index (χ2n) is 10.5. The Hall–Kier alpha value is -2.61. The van der Waals surface area contributed by atoms with Gasteiger partial charge in [-0.25, -0.2) is 9.86 Å². The molecule has 0 spiro atoms. The highest BCUT2D eigenvalue weighted by atomic mass is 16.7. The van der Waals surface area contributed by atoms with Gasteiger partial charge >= 0.3 is 12.0 Å². The van der Waals surface area contributed by atoms with Gasteiger partial charge in [-0.2, -0.15) is 0 Å². The maximum absolute atomic E-state index is 13.9. The summed E-state index contributed by atoms with van der Waals surface area (Å²) >= 11 is 0. The number of rotatable bonds is 7. The van der Waals surface area contributed by atoms with Crippen LogP contribution in [0.15, 0.2) is 30.3 Å². The molecule has 1 saturated heterocycles. The second-order valence-corrected chi connectivity index (χ2v) is 10.5. The van der Waals surface area contributed by atoms with E-state index in [1.54, 1.807) is 18.9 Å². The zero-order chi connectivity index (χ0) is 25.8. The van der Waals surface area contributed by atoms with Crippen LogP contribution in [0.5, 0.6) is 0 Å². The number of nitrogens with zero attached hydrogens (tertiary/aromatic N) is 3. The van der Waals surface area contributed by atoms with Gasteiger partial charge < -0.3 is 14.5 Å². The van der Waals surface area contributed by atoms with Gasteiger partial charge in [0.15, 0.2) is 0 Å². The van der Waals surface area contributed by atoms with Crippen LogP contribution in [0.1, 0.15) is 70.3 Å². The Morgan fingerprint density at radius 2 is 1.75 bits per heavy atom. The van der Waals surface area contributed by atoms with E-state index in [1.807, 2.05) is 18.2 Å². The number of ether oxygens (including phenoxy) is 1. The summed E-state index contributed by atoms with van der Waals surface area (Å²) in [5, 5.41) is 1.30. The van der Waals surface area contributed by atoms with Gasteiger partial charge in [-0.3, -0.25) is 14.4 Å². The number of fused-ring (bicyclic) bond motifs is 1. The Labute approximate surface area is 214 Å². The van der Waals surface area contributed by atoms with Gasteiger partial charge in [0.25, 0.3) is 0 Å². The minimum absolute atomic E-state index is 0.0378. The molecule has 4 rings (SSSR count). The largest absolute Gasteiger partial charge is 0.465 e. The molecule has 8 heteroatoms. The van der Waals surface area contributed by atoms with Crippen LogP contribution in [0, 0.1) is 11.8 Å². The Kier molecular flexibility index (Phi) is 8.54. The monoisotopic (exact) mass is 499 g/mol. The van der Waals surface area contributed by atoms with E-state index >= 15 is 0 Å². The fraction of sp³-hybridized carbons (Fsp3) is 0.679. The van der Waals surface area contributed by atoms with Crippen LogP contribution >= 0.6 is 0 Å². The number of urea groups is 1. The number of amides is 3. The predicted octanol–water partition coefficient (Wildman–Crippen LogP) is 4.21. The summed E-state index contributed by atoms with van der Waals surface area (Å²) in [4.78, 5) is 49.1. The van der Waals surface area contributed by atoms with E-state index in [-0.39, 0.29) is 61.0 Å². The van der Waals surface area contributed by atoms with Gasteiger partial charge in [0.1, 0.15) is 6.54 Å². The molecule has 8 nitrogen and oxygen atoms in total. The highest BCUT2D eigenvalue weighted by Crippen LogP contribution is 2.47. The van der Waals surface area contributed by atoms with Crippen molar-refractivity contribution in [1.29, 1.82) is 0 Å². The van der Waals surface area contributed by atoms with Crippen molar-refractivity contribution in [3.8, 4) is 0 Å². The number of hydroxylamine groups is 2. The first-order valence-electron chi connectivity index (χ1n) is 13.5. The van der Waals surface area contributed by atoms with Crippen LogP contribution in [0.2, 0.25) is 0 Å². The lowest BCUT2D eigenvalue weighted by Gasteiger charge is -2.37. The fourth-order valence-corrected chi connectivity index (χ4v) is 6.72. The lowest BCUT2D eigenvalue weighted by Crippen LogP contribution is -2.45. The van der Waals surface area contributed by atoms with E-state index in [9.17, 15) is 14.4 Å². The Morgan fingerprint density at radius 1 is 1.06 bits per heavy atom. The van der Waals surface area contributed by atoms with Crippen molar-refractivity contribution in [2.24, 2.45) is 11.8 Å². The third-order valence-electron chi connectivity index (χ3n) is 8.63. The molecule has 0 radical (unpaired) electrons. The third-order valence-corrected chi connectivity index (χ3v) is 8.63. The van der Waals surface area contributed by atoms with Crippen LogP contribution in [0.25, 0.3) is 0 Å². The van der Waals surface area contributed by atoms with Crippen LogP contribution in [0.3, 0.4) is 0 Å². The number of carbonyl (C=O) groups is 3. The Bertz CT molecular complexity index is 919. The first kappa shape index (κ1) is 26.5. The van der Waals surface area contributed by atoms with Crippen molar-refractivity contribution in [3.63, 3.8) is 0 Å². The molecule has 198 valence electrons. The van der Waals surface area contributed by atoms with Crippen molar-refractivity contribution < 1.29 is 24.0 Å².